The zero-order valence-electron chi connectivity index (χ0n) is 15.9. The molecule has 0 atom stereocenters. The first kappa shape index (κ1) is 20.2. The number of thiophene rings is 1. The first-order valence-electron chi connectivity index (χ1n) is 9.01. The van der Waals surface area contributed by atoms with Crippen LogP contribution in [0.1, 0.15) is 30.0 Å². The molecule has 0 fully saturated rings. The molecule has 5 nitrogen and oxygen atoms in total. The summed E-state index contributed by atoms with van der Waals surface area (Å²) in [6.07, 6.45) is 0.532. The molecule has 2 heterocycles. The van der Waals surface area contributed by atoms with Crippen molar-refractivity contribution in [3.8, 4) is 0 Å². The van der Waals surface area contributed by atoms with Gasteiger partial charge in [-0.2, -0.15) is 0 Å². The fourth-order valence-corrected chi connectivity index (χ4v) is 4.15. The monoisotopic (exact) mass is 413 g/mol. The van der Waals surface area contributed by atoms with E-state index in [1.807, 2.05) is 41.1 Å². The molecule has 3 rings (SSSR count). The summed E-state index contributed by atoms with van der Waals surface area (Å²) in [5.74, 6) is -0.178. The molecule has 0 aliphatic heterocycles. The molecule has 2 amide bonds. The maximum atomic E-state index is 12.3. The lowest BCUT2D eigenvalue weighted by Crippen LogP contribution is -2.37. The number of benzene rings is 1. The van der Waals surface area contributed by atoms with E-state index in [0.717, 1.165) is 4.88 Å². The molecule has 2 aromatic heterocycles. The molecular weight excluding hydrogens is 390 g/mol. The van der Waals surface area contributed by atoms with E-state index in [1.165, 1.54) is 16.9 Å². The van der Waals surface area contributed by atoms with Crippen LogP contribution in [0.2, 0.25) is 0 Å². The average Bonchev–Trinajstić information content (AvgIpc) is 3.33. The van der Waals surface area contributed by atoms with E-state index in [0.29, 0.717) is 23.8 Å². The van der Waals surface area contributed by atoms with Crippen molar-refractivity contribution in [1.82, 2.24) is 10.3 Å². The molecule has 0 spiro atoms. The highest BCUT2D eigenvalue weighted by molar-refractivity contribution is 7.14. The van der Waals surface area contributed by atoms with Gasteiger partial charge in [-0.05, 0) is 17.0 Å². The number of hydrogen-bond acceptors (Lipinski definition) is 5. The van der Waals surface area contributed by atoms with Crippen LogP contribution in [0.15, 0.2) is 53.2 Å². The maximum Gasteiger partial charge on any atom is 0.231 e. The third-order valence-corrected chi connectivity index (χ3v) is 6.02. The number of rotatable bonds is 8. The lowest BCUT2D eigenvalue weighted by Gasteiger charge is -2.25. The van der Waals surface area contributed by atoms with Crippen LogP contribution in [0.25, 0.3) is 0 Å². The van der Waals surface area contributed by atoms with Gasteiger partial charge in [-0.3, -0.25) is 9.59 Å². The second kappa shape index (κ2) is 9.12. The third kappa shape index (κ3) is 5.74. The molecule has 146 valence electrons. The number of hydrogen-bond donors (Lipinski definition) is 2. The van der Waals surface area contributed by atoms with Crippen molar-refractivity contribution >= 4 is 39.6 Å². The highest BCUT2D eigenvalue weighted by atomic mass is 32.1. The highest BCUT2D eigenvalue weighted by Crippen LogP contribution is 2.22. The summed E-state index contributed by atoms with van der Waals surface area (Å²) in [5.41, 5.74) is 1.69. The Labute approximate surface area is 172 Å². The number of carbonyl (C=O) groups is 2. The Balaban J connectivity index is 1.48. The Bertz CT molecular complexity index is 918. The molecule has 0 bridgehead atoms. The van der Waals surface area contributed by atoms with Gasteiger partial charge in [-0.15, -0.1) is 22.7 Å². The van der Waals surface area contributed by atoms with Crippen molar-refractivity contribution in [3.63, 3.8) is 0 Å². The van der Waals surface area contributed by atoms with Crippen molar-refractivity contribution in [2.45, 2.75) is 32.1 Å². The fourth-order valence-electron chi connectivity index (χ4n) is 2.72. The van der Waals surface area contributed by atoms with Gasteiger partial charge in [0.05, 0.1) is 18.5 Å². The summed E-state index contributed by atoms with van der Waals surface area (Å²) in [4.78, 5) is 29.7. The van der Waals surface area contributed by atoms with Crippen molar-refractivity contribution in [1.29, 1.82) is 0 Å². The van der Waals surface area contributed by atoms with E-state index in [1.54, 1.807) is 11.3 Å². The molecular formula is C21H23N3O2S2. The van der Waals surface area contributed by atoms with Crippen LogP contribution in [0, 0.1) is 0 Å². The lowest BCUT2D eigenvalue weighted by atomic mass is 9.84. The summed E-state index contributed by atoms with van der Waals surface area (Å²) < 4.78 is 0. The number of amides is 2. The average molecular weight is 414 g/mol. The number of aromatic nitrogens is 1. The van der Waals surface area contributed by atoms with Gasteiger partial charge in [-0.25, -0.2) is 4.98 Å². The molecule has 0 saturated heterocycles. The zero-order valence-corrected chi connectivity index (χ0v) is 17.5. The number of anilines is 1. The molecule has 0 aliphatic rings. The van der Waals surface area contributed by atoms with E-state index >= 15 is 0 Å². The van der Waals surface area contributed by atoms with Crippen LogP contribution in [0.3, 0.4) is 0 Å². The Kier molecular flexibility index (Phi) is 6.59. The van der Waals surface area contributed by atoms with Gasteiger partial charge < -0.3 is 10.6 Å². The van der Waals surface area contributed by atoms with Crippen molar-refractivity contribution in [2.75, 3.05) is 11.9 Å². The minimum absolute atomic E-state index is 0.0780. The quantitative estimate of drug-likeness (QED) is 0.586. The third-order valence-electron chi connectivity index (χ3n) is 4.34. The number of nitrogens with zero attached hydrogens (tertiary/aromatic N) is 1. The van der Waals surface area contributed by atoms with Gasteiger partial charge in [0.25, 0.3) is 0 Å². The van der Waals surface area contributed by atoms with Gasteiger partial charge >= 0.3 is 0 Å². The SMILES string of the molecule is CC(C)(CNC(=O)Cc1csc(NC(=O)Cc2cccs2)n1)c1ccccc1. The van der Waals surface area contributed by atoms with Crippen molar-refractivity contribution in [3.05, 3.63) is 69.4 Å². The van der Waals surface area contributed by atoms with E-state index in [2.05, 4.69) is 41.6 Å². The number of thiazole rings is 1. The Morgan fingerprint density at radius 2 is 1.79 bits per heavy atom. The molecule has 0 unspecified atom stereocenters. The van der Waals surface area contributed by atoms with Crippen LogP contribution in [0.5, 0.6) is 0 Å². The Morgan fingerprint density at radius 3 is 2.50 bits per heavy atom. The van der Waals surface area contributed by atoms with E-state index < -0.39 is 0 Å². The van der Waals surface area contributed by atoms with E-state index in [9.17, 15) is 9.59 Å². The minimum atomic E-state index is -0.153. The smallest absolute Gasteiger partial charge is 0.231 e. The molecule has 7 heteroatoms. The van der Waals surface area contributed by atoms with Crippen LogP contribution in [-0.2, 0) is 27.8 Å². The maximum absolute atomic E-state index is 12.3. The topological polar surface area (TPSA) is 71.1 Å². The Hall–Kier alpha value is -2.51. The predicted molar refractivity (Wildman–Crippen MR) is 115 cm³/mol. The van der Waals surface area contributed by atoms with E-state index in [4.69, 9.17) is 0 Å². The summed E-state index contributed by atoms with van der Waals surface area (Å²) in [7, 11) is 0. The molecule has 0 radical (unpaired) electrons. The molecule has 0 aliphatic carbocycles. The predicted octanol–water partition coefficient (Wildman–Crippen LogP) is 4.02. The second-order valence-corrected chi connectivity index (χ2v) is 9.04. The largest absolute Gasteiger partial charge is 0.355 e. The van der Waals surface area contributed by atoms with Gasteiger partial charge in [0, 0.05) is 22.2 Å². The minimum Gasteiger partial charge on any atom is -0.355 e. The molecule has 28 heavy (non-hydrogen) atoms. The molecule has 0 saturated carbocycles. The summed E-state index contributed by atoms with van der Waals surface area (Å²) in [6.45, 7) is 4.75. The van der Waals surface area contributed by atoms with Gasteiger partial charge in [0.1, 0.15) is 0 Å². The second-order valence-electron chi connectivity index (χ2n) is 7.15. The standard InChI is InChI=1S/C21H23N3O2S2/c1-21(2,15-7-4-3-5-8-15)14-22-18(25)11-16-13-28-20(23-16)24-19(26)12-17-9-6-10-27-17/h3-10,13H,11-12,14H2,1-2H3,(H,22,25)(H,23,24,26). The summed E-state index contributed by atoms with van der Waals surface area (Å²) in [5, 5.41) is 10.1. The number of nitrogens with one attached hydrogen (secondary N) is 2. The van der Waals surface area contributed by atoms with E-state index in [-0.39, 0.29) is 23.7 Å². The zero-order chi connectivity index (χ0) is 20.0. The molecule has 2 N–H and O–H groups in total. The molecule has 3 aromatic rings. The lowest BCUT2D eigenvalue weighted by molar-refractivity contribution is -0.120. The first-order valence-corrected chi connectivity index (χ1v) is 10.8. The van der Waals surface area contributed by atoms with Crippen LogP contribution < -0.4 is 10.6 Å². The fraction of sp³-hybridized carbons (Fsp3) is 0.286. The van der Waals surface area contributed by atoms with Gasteiger partial charge in [0.2, 0.25) is 11.8 Å². The van der Waals surface area contributed by atoms with Gasteiger partial charge in [-0.1, -0.05) is 50.2 Å². The van der Waals surface area contributed by atoms with Crippen molar-refractivity contribution in [2.24, 2.45) is 0 Å². The summed E-state index contributed by atoms with van der Waals surface area (Å²) >= 11 is 2.88. The molecule has 1 aromatic carbocycles. The highest BCUT2D eigenvalue weighted by Gasteiger charge is 2.21. The summed E-state index contributed by atoms with van der Waals surface area (Å²) in [6, 6.07) is 14.0. The number of carbonyl (C=O) groups excluding carboxylic acids is 2. The first-order chi connectivity index (χ1) is 13.4. The van der Waals surface area contributed by atoms with Gasteiger partial charge in [0.15, 0.2) is 5.13 Å². The van der Waals surface area contributed by atoms with Crippen LogP contribution in [-0.4, -0.2) is 23.3 Å². The van der Waals surface area contributed by atoms with Crippen molar-refractivity contribution < 1.29 is 9.59 Å². The Morgan fingerprint density at radius 1 is 1.00 bits per heavy atom. The normalized spacial score (nSPS) is 11.2. The van der Waals surface area contributed by atoms with Crippen LogP contribution in [0.4, 0.5) is 5.13 Å². The van der Waals surface area contributed by atoms with Crippen LogP contribution >= 0.6 is 22.7 Å².